The Balaban J connectivity index is 2.25. The van der Waals surface area contributed by atoms with Crippen molar-refractivity contribution in [3.05, 3.63) is 15.9 Å². The molecule has 90 valence electrons. The molecule has 1 fully saturated rings. The summed E-state index contributed by atoms with van der Waals surface area (Å²) in [6, 6.07) is 0.277. The molecule has 1 aliphatic carbocycles. The third-order valence-electron chi connectivity index (χ3n) is 3.88. The molecule has 1 aliphatic rings. The average Bonchev–Trinajstić information content (AvgIpc) is 2.97. The second-order valence-electron chi connectivity index (χ2n) is 5.01. The van der Waals surface area contributed by atoms with Gasteiger partial charge in [0.05, 0.1) is 15.9 Å². The van der Waals surface area contributed by atoms with Crippen LogP contribution in [0.5, 0.6) is 0 Å². The molecule has 16 heavy (non-hydrogen) atoms. The smallest absolute Gasteiger partial charge is 0.0766 e. The molecular formula is C12H20BrN3. The molecule has 1 aromatic rings. The molecule has 1 aromatic heterocycles. The predicted molar refractivity (Wildman–Crippen MR) is 69.3 cm³/mol. The molecular weight excluding hydrogens is 266 g/mol. The van der Waals surface area contributed by atoms with E-state index in [1.165, 1.54) is 23.0 Å². The first-order valence-electron chi connectivity index (χ1n) is 5.96. The maximum absolute atomic E-state index is 6.08. The highest BCUT2D eigenvalue weighted by molar-refractivity contribution is 9.10. The van der Waals surface area contributed by atoms with E-state index in [-0.39, 0.29) is 6.04 Å². The fraction of sp³-hybridized carbons (Fsp3) is 0.750. The Bertz CT molecular complexity index is 391. The lowest BCUT2D eigenvalue weighted by molar-refractivity contribution is 0.406. The summed E-state index contributed by atoms with van der Waals surface area (Å²) in [6.07, 6.45) is 4.53. The van der Waals surface area contributed by atoms with Crippen LogP contribution in [0, 0.1) is 5.41 Å². The summed E-state index contributed by atoms with van der Waals surface area (Å²) in [4.78, 5) is 0. The molecule has 2 N–H and O–H groups in total. The van der Waals surface area contributed by atoms with Gasteiger partial charge in [0.2, 0.25) is 0 Å². The lowest BCUT2D eigenvalue weighted by Gasteiger charge is -2.19. The fourth-order valence-electron chi connectivity index (χ4n) is 2.30. The zero-order valence-corrected chi connectivity index (χ0v) is 11.8. The molecule has 1 unspecified atom stereocenters. The van der Waals surface area contributed by atoms with Crippen LogP contribution in [0.3, 0.4) is 0 Å². The van der Waals surface area contributed by atoms with E-state index < -0.39 is 0 Å². The summed E-state index contributed by atoms with van der Waals surface area (Å²) in [5.41, 5.74) is 8.86. The Hall–Kier alpha value is -0.350. The van der Waals surface area contributed by atoms with Crippen LogP contribution in [0.2, 0.25) is 0 Å². The quantitative estimate of drug-likeness (QED) is 0.923. The van der Waals surface area contributed by atoms with Gasteiger partial charge in [0.25, 0.3) is 0 Å². The van der Waals surface area contributed by atoms with E-state index in [1.807, 2.05) is 11.7 Å². The van der Waals surface area contributed by atoms with Crippen LogP contribution in [0.4, 0.5) is 0 Å². The second kappa shape index (κ2) is 4.15. The van der Waals surface area contributed by atoms with Crippen molar-refractivity contribution in [1.29, 1.82) is 0 Å². The first kappa shape index (κ1) is 12.1. The number of nitrogens with two attached hydrogens (primary N) is 1. The van der Waals surface area contributed by atoms with Gasteiger partial charge in [-0.3, -0.25) is 4.68 Å². The molecule has 1 saturated carbocycles. The van der Waals surface area contributed by atoms with Crippen molar-refractivity contribution in [3.63, 3.8) is 0 Å². The number of halogens is 1. The highest BCUT2D eigenvalue weighted by Gasteiger charge is 2.46. The molecule has 0 saturated heterocycles. The summed E-state index contributed by atoms with van der Waals surface area (Å²) in [7, 11) is 2.02. The van der Waals surface area contributed by atoms with Gasteiger partial charge in [-0.2, -0.15) is 5.10 Å². The van der Waals surface area contributed by atoms with E-state index in [1.54, 1.807) is 0 Å². The van der Waals surface area contributed by atoms with Crippen LogP contribution >= 0.6 is 15.9 Å². The maximum atomic E-state index is 6.08. The molecule has 2 rings (SSSR count). The van der Waals surface area contributed by atoms with Gasteiger partial charge in [-0.25, -0.2) is 0 Å². The minimum absolute atomic E-state index is 0.277. The van der Waals surface area contributed by atoms with Crippen LogP contribution in [0.15, 0.2) is 4.47 Å². The number of hydrogen-bond acceptors (Lipinski definition) is 2. The number of hydrogen-bond donors (Lipinski definition) is 1. The molecule has 3 nitrogen and oxygen atoms in total. The lowest BCUT2D eigenvalue weighted by atomic mass is 9.92. The highest BCUT2D eigenvalue weighted by Crippen LogP contribution is 2.51. The van der Waals surface area contributed by atoms with Gasteiger partial charge in [-0.1, -0.05) is 6.92 Å². The minimum Gasteiger partial charge on any atom is -0.327 e. The van der Waals surface area contributed by atoms with Gasteiger partial charge in [0.15, 0.2) is 0 Å². The van der Waals surface area contributed by atoms with E-state index in [0.29, 0.717) is 5.41 Å². The Labute approximate surface area is 106 Å². The van der Waals surface area contributed by atoms with Crippen molar-refractivity contribution in [2.75, 3.05) is 0 Å². The lowest BCUT2D eigenvalue weighted by Crippen LogP contribution is -2.30. The van der Waals surface area contributed by atoms with Gasteiger partial charge < -0.3 is 5.73 Å². The summed E-state index contributed by atoms with van der Waals surface area (Å²) in [5, 5.41) is 4.53. The molecule has 1 heterocycles. The average molecular weight is 286 g/mol. The van der Waals surface area contributed by atoms with Crippen molar-refractivity contribution in [3.8, 4) is 0 Å². The van der Waals surface area contributed by atoms with E-state index in [2.05, 4.69) is 34.9 Å². The molecule has 0 bridgehead atoms. The van der Waals surface area contributed by atoms with Crippen molar-refractivity contribution < 1.29 is 0 Å². The zero-order valence-electron chi connectivity index (χ0n) is 10.3. The second-order valence-corrected chi connectivity index (χ2v) is 5.81. The molecule has 0 radical (unpaired) electrons. The van der Waals surface area contributed by atoms with Crippen molar-refractivity contribution >= 4 is 15.9 Å². The normalized spacial score (nSPS) is 19.8. The fourth-order valence-corrected chi connectivity index (χ4v) is 3.06. The highest BCUT2D eigenvalue weighted by atomic mass is 79.9. The Morgan fingerprint density at radius 2 is 2.19 bits per heavy atom. The molecule has 0 aliphatic heterocycles. The van der Waals surface area contributed by atoms with Gasteiger partial charge in [-0.05, 0) is 54.0 Å². The largest absolute Gasteiger partial charge is 0.327 e. The first-order valence-corrected chi connectivity index (χ1v) is 6.75. The third-order valence-corrected chi connectivity index (χ3v) is 4.80. The maximum Gasteiger partial charge on any atom is 0.0766 e. The van der Waals surface area contributed by atoms with Crippen LogP contribution in [-0.2, 0) is 19.9 Å². The van der Waals surface area contributed by atoms with Crippen molar-refractivity contribution in [1.82, 2.24) is 9.78 Å². The Morgan fingerprint density at radius 3 is 2.56 bits per heavy atom. The number of rotatable bonds is 4. The summed E-state index contributed by atoms with van der Waals surface area (Å²) in [5.74, 6) is 0. The zero-order chi connectivity index (χ0) is 11.9. The molecule has 4 heteroatoms. The Morgan fingerprint density at radius 1 is 1.56 bits per heavy atom. The monoisotopic (exact) mass is 285 g/mol. The van der Waals surface area contributed by atoms with Gasteiger partial charge >= 0.3 is 0 Å². The van der Waals surface area contributed by atoms with E-state index in [9.17, 15) is 0 Å². The van der Waals surface area contributed by atoms with Gasteiger partial charge in [0.1, 0.15) is 0 Å². The standard InChI is InChI=1S/C12H20BrN3/c1-4-9-11(13)10(16(3)15-9)7-12(5-6-12)8(2)14/h8H,4-7,14H2,1-3H3. The van der Waals surface area contributed by atoms with E-state index in [0.717, 1.165) is 18.5 Å². The molecule has 1 atom stereocenters. The van der Waals surface area contributed by atoms with Crippen molar-refractivity contribution in [2.24, 2.45) is 18.2 Å². The number of aryl methyl sites for hydroxylation is 2. The number of nitrogens with zero attached hydrogens (tertiary/aromatic N) is 2. The summed E-state index contributed by atoms with van der Waals surface area (Å²) in [6.45, 7) is 4.26. The van der Waals surface area contributed by atoms with E-state index in [4.69, 9.17) is 5.73 Å². The van der Waals surface area contributed by atoms with Crippen LogP contribution < -0.4 is 5.73 Å². The SMILES string of the molecule is CCc1nn(C)c(CC2(C(C)N)CC2)c1Br. The minimum atomic E-state index is 0.277. The molecule has 0 aromatic carbocycles. The van der Waals surface area contributed by atoms with Gasteiger partial charge in [-0.15, -0.1) is 0 Å². The van der Waals surface area contributed by atoms with Gasteiger partial charge in [0, 0.05) is 13.1 Å². The predicted octanol–water partition coefficient (Wildman–Crippen LogP) is 2.41. The summed E-state index contributed by atoms with van der Waals surface area (Å²) < 4.78 is 3.19. The van der Waals surface area contributed by atoms with E-state index >= 15 is 0 Å². The Kier molecular flexibility index (Phi) is 3.14. The van der Waals surface area contributed by atoms with Crippen LogP contribution in [0.1, 0.15) is 38.1 Å². The molecule has 0 spiro atoms. The van der Waals surface area contributed by atoms with Crippen LogP contribution in [0.25, 0.3) is 0 Å². The first-order chi connectivity index (χ1) is 7.50. The third kappa shape index (κ3) is 1.93. The topological polar surface area (TPSA) is 43.8 Å². The number of aromatic nitrogens is 2. The molecule has 0 amide bonds. The van der Waals surface area contributed by atoms with Crippen LogP contribution in [-0.4, -0.2) is 15.8 Å². The van der Waals surface area contributed by atoms with Crippen molar-refractivity contribution in [2.45, 2.75) is 45.6 Å². The summed E-state index contributed by atoms with van der Waals surface area (Å²) >= 11 is 3.67.